The van der Waals surface area contributed by atoms with Gasteiger partial charge in [0.2, 0.25) is 5.95 Å². The van der Waals surface area contributed by atoms with Gasteiger partial charge in [0.1, 0.15) is 5.69 Å². The Morgan fingerprint density at radius 2 is 1.96 bits per heavy atom. The zero-order valence-electron chi connectivity index (χ0n) is 16.4. The SMILES string of the molecule is CCc1cccc(C)c1NC(=O)c1ccnc(N2CCC3(CC2)OCCO3)n1. The molecule has 28 heavy (non-hydrogen) atoms. The van der Waals surface area contributed by atoms with Crippen molar-refractivity contribution >= 4 is 17.5 Å². The highest BCUT2D eigenvalue weighted by Gasteiger charge is 2.40. The monoisotopic (exact) mass is 382 g/mol. The van der Waals surface area contributed by atoms with Crippen LogP contribution >= 0.6 is 0 Å². The summed E-state index contributed by atoms with van der Waals surface area (Å²) in [6.45, 7) is 6.87. The molecule has 148 valence electrons. The number of hydrogen-bond donors (Lipinski definition) is 1. The van der Waals surface area contributed by atoms with Crippen LogP contribution in [0.25, 0.3) is 0 Å². The first kappa shape index (κ1) is 18.8. The van der Waals surface area contributed by atoms with Gasteiger partial charge in [0.15, 0.2) is 5.79 Å². The van der Waals surface area contributed by atoms with Gasteiger partial charge in [0, 0.05) is 37.8 Å². The molecule has 4 rings (SSSR count). The minimum atomic E-state index is -0.438. The number of aryl methyl sites for hydroxylation is 2. The average Bonchev–Trinajstić information content (AvgIpc) is 3.18. The van der Waals surface area contributed by atoms with E-state index in [2.05, 4.69) is 27.1 Å². The van der Waals surface area contributed by atoms with E-state index in [1.807, 2.05) is 25.1 Å². The van der Waals surface area contributed by atoms with E-state index in [9.17, 15) is 4.79 Å². The fourth-order valence-electron chi connectivity index (χ4n) is 3.84. The van der Waals surface area contributed by atoms with Gasteiger partial charge in [-0.05, 0) is 30.5 Å². The first-order valence-corrected chi connectivity index (χ1v) is 9.86. The number of hydrogen-bond acceptors (Lipinski definition) is 6. The first-order chi connectivity index (χ1) is 13.6. The highest BCUT2D eigenvalue weighted by molar-refractivity contribution is 6.03. The molecule has 1 aromatic heterocycles. The van der Waals surface area contributed by atoms with E-state index < -0.39 is 5.79 Å². The molecule has 2 aliphatic rings. The largest absolute Gasteiger partial charge is 0.347 e. The summed E-state index contributed by atoms with van der Waals surface area (Å²) in [5.41, 5.74) is 3.38. The van der Waals surface area contributed by atoms with Gasteiger partial charge in [-0.15, -0.1) is 0 Å². The van der Waals surface area contributed by atoms with Crippen LogP contribution in [0.1, 0.15) is 41.4 Å². The number of anilines is 2. The van der Waals surface area contributed by atoms with Crippen LogP contribution in [0.3, 0.4) is 0 Å². The quantitative estimate of drug-likeness (QED) is 0.876. The maximum Gasteiger partial charge on any atom is 0.274 e. The Balaban J connectivity index is 1.47. The van der Waals surface area contributed by atoms with Gasteiger partial charge in [-0.2, -0.15) is 0 Å². The minimum absolute atomic E-state index is 0.219. The summed E-state index contributed by atoms with van der Waals surface area (Å²) in [6, 6.07) is 7.69. The molecular weight excluding hydrogens is 356 g/mol. The first-order valence-electron chi connectivity index (χ1n) is 9.86. The summed E-state index contributed by atoms with van der Waals surface area (Å²) in [5, 5.41) is 3.03. The molecular formula is C21H26N4O3. The van der Waals surface area contributed by atoms with E-state index >= 15 is 0 Å². The van der Waals surface area contributed by atoms with Gasteiger partial charge < -0.3 is 19.7 Å². The Bertz CT molecular complexity index is 854. The number of amides is 1. The van der Waals surface area contributed by atoms with E-state index in [4.69, 9.17) is 9.47 Å². The van der Waals surface area contributed by atoms with Crippen molar-refractivity contribution in [3.63, 3.8) is 0 Å². The number of para-hydroxylation sites is 1. The molecule has 1 spiro atoms. The number of aromatic nitrogens is 2. The third kappa shape index (κ3) is 3.72. The van der Waals surface area contributed by atoms with Crippen molar-refractivity contribution in [1.82, 2.24) is 9.97 Å². The predicted molar refractivity (Wildman–Crippen MR) is 107 cm³/mol. The van der Waals surface area contributed by atoms with E-state index in [0.717, 1.165) is 49.2 Å². The van der Waals surface area contributed by atoms with Gasteiger partial charge in [-0.1, -0.05) is 25.1 Å². The molecule has 1 N–H and O–H groups in total. The average molecular weight is 382 g/mol. The number of carbonyl (C=O) groups is 1. The highest BCUT2D eigenvalue weighted by Crippen LogP contribution is 2.32. The van der Waals surface area contributed by atoms with E-state index in [1.54, 1.807) is 12.3 Å². The lowest BCUT2D eigenvalue weighted by molar-refractivity contribution is -0.169. The van der Waals surface area contributed by atoms with Crippen LogP contribution in [0.4, 0.5) is 11.6 Å². The molecule has 1 aromatic carbocycles. The number of carbonyl (C=O) groups excluding carboxylic acids is 1. The zero-order chi connectivity index (χ0) is 19.6. The fraction of sp³-hybridized carbons (Fsp3) is 0.476. The van der Waals surface area contributed by atoms with Crippen molar-refractivity contribution in [2.75, 3.05) is 36.5 Å². The van der Waals surface area contributed by atoms with Crippen LogP contribution in [0.2, 0.25) is 0 Å². The predicted octanol–water partition coefficient (Wildman–Crippen LogP) is 2.94. The van der Waals surface area contributed by atoms with Crippen molar-refractivity contribution in [1.29, 1.82) is 0 Å². The molecule has 0 bridgehead atoms. The van der Waals surface area contributed by atoms with Gasteiger partial charge in [-0.25, -0.2) is 9.97 Å². The normalized spacial score (nSPS) is 18.4. The summed E-state index contributed by atoms with van der Waals surface area (Å²) in [5.74, 6) is -0.0862. The second-order valence-electron chi connectivity index (χ2n) is 7.25. The second kappa shape index (κ2) is 7.85. The number of rotatable bonds is 4. The number of nitrogens with one attached hydrogen (secondary N) is 1. The minimum Gasteiger partial charge on any atom is -0.347 e. The summed E-state index contributed by atoms with van der Waals surface area (Å²) in [7, 11) is 0. The second-order valence-corrected chi connectivity index (χ2v) is 7.25. The third-order valence-corrected chi connectivity index (χ3v) is 5.48. The maximum atomic E-state index is 12.8. The summed E-state index contributed by atoms with van der Waals surface area (Å²) < 4.78 is 11.5. The molecule has 2 fully saturated rings. The van der Waals surface area contributed by atoms with Crippen molar-refractivity contribution in [3.05, 3.63) is 47.3 Å². The van der Waals surface area contributed by atoms with E-state index in [1.165, 1.54) is 0 Å². The summed E-state index contributed by atoms with van der Waals surface area (Å²) >= 11 is 0. The molecule has 0 unspecified atom stereocenters. The number of benzene rings is 1. The molecule has 7 heteroatoms. The molecule has 2 aromatic rings. The van der Waals surface area contributed by atoms with Crippen molar-refractivity contribution in [3.8, 4) is 0 Å². The molecule has 7 nitrogen and oxygen atoms in total. The van der Waals surface area contributed by atoms with Crippen LogP contribution in [-0.2, 0) is 15.9 Å². The van der Waals surface area contributed by atoms with Crippen LogP contribution in [-0.4, -0.2) is 48.0 Å². The van der Waals surface area contributed by atoms with Crippen molar-refractivity contribution in [2.45, 2.75) is 38.9 Å². The summed E-state index contributed by atoms with van der Waals surface area (Å²) in [4.78, 5) is 23.8. The lowest BCUT2D eigenvalue weighted by atomic mass is 10.0. The van der Waals surface area contributed by atoms with Gasteiger partial charge in [0.05, 0.1) is 13.2 Å². The van der Waals surface area contributed by atoms with E-state index in [0.29, 0.717) is 24.9 Å². The standard InChI is InChI=1S/C21H26N4O3/c1-3-16-6-4-5-15(2)18(16)24-19(26)17-7-10-22-20(23-17)25-11-8-21(9-12-25)27-13-14-28-21/h4-7,10H,3,8-9,11-14H2,1-2H3,(H,24,26). The fourth-order valence-corrected chi connectivity index (χ4v) is 3.84. The van der Waals surface area contributed by atoms with Crippen LogP contribution in [0.15, 0.2) is 30.5 Å². The molecule has 3 heterocycles. The van der Waals surface area contributed by atoms with Gasteiger partial charge in [-0.3, -0.25) is 4.79 Å². The van der Waals surface area contributed by atoms with Gasteiger partial charge in [0.25, 0.3) is 5.91 Å². The zero-order valence-corrected chi connectivity index (χ0v) is 16.4. The topological polar surface area (TPSA) is 76.6 Å². The van der Waals surface area contributed by atoms with Crippen LogP contribution < -0.4 is 10.2 Å². The molecule has 0 aliphatic carbocycles. The molecule has 1 amide bonds. The number of ether oxygens (including phenoxy) is 2. The van der Waals surface area contributed by atoms with Crippen molar-refractivity contribution < 1.29 is 14.3 Å². The van der Waals surface area contributed by atoms with Crippen LogP contribution in [0, 0.1) is 6.92 Å². The number of piperidine rings is 1. The Labute approximate surface area is 165 Å². The third-order valence-electron chi connectivity index (χ3n) is 5.48. The Morgan fingerprint density at radius 1 is 1.21 bits per heavy atom. The smallest absolute Gasteiger partial charge is 0.274 e. The highest BCUT2D eigenvalue weighted by atomic mass is 16.7. The van der Waals surface area contributed by atoms with Crippen molar-refractivity contribution in [2.24, 2.45) is 0 Å². The molecule has 2 aliphatic heterocycles. The Morgan fingerprint density at radius 3 is 2.68 bits per heavy atom. The summed E-state index contributed by atoms with van der Waals surface area (Å²) in [6.07, 6.45) is 4.04. The Hall–Kier alpha value is -2.51. The molecule has 2 saturated heterocycles. The van der Waals surface area contributed by atoms with Crippen LogP contribution in [0.5, 0.6) is 0 Å². The lowest BCUT2D eigenvalue weighted by Crippen LogP contribution is -2.45. The molecule has 0 atom stereocenters. The molecule has 0 radical (unpaired) electrons. The van der Waals surface area contributed by atoms with Gasteiger partial charge >= 0.3 is 0 Å². The Kier molecular flexibility index (Phi) is 5.28. The number of nitrogens with zero attached hydrogens (tertiary/aromatic N) is 3. The van der Waals surface area contributed by atoms with E-state index in [-0.39, 0.29) is 5.91 Å². The molecule has 0 saturated carbocycles. The maximum absolute atomic E-state index is 12.8. The lowest BCUT2D eigenvalue weighted by Gasteiger charge is -2.37.